The van der Waals surface area contributed by atoms with Crippen molar-refractivity contribution in [3.63, 3.8) is 0 Å². The van der Waals surface area contributed by atoms with Crippen LogP contribution in [0.1, 0.15) is 25.1 Å². The fraction of sp³-hybridized carbons (Fsp3) is 0.250. The Labute approximate surface area is 148 Å². The summed E-state index contributed by atoms with van der Waals surface area (Å²) in [6, 6.07) is 14.0. The Morgan fingerprint density at radius 1 is 1.00 bits per heavy atom. The number of aromatic nitrogens is 3. The van der Waals surface area contributed by atoms with Gasteiger partial charge in [0.1, 0.15) is 5.82 Å². The molecule has 3 rings (SSSR count). The van der Waals surface area contributed by atoms with E-state index in [1.54, 1.807) is 12.4 Å². The van der Waals surface area contributed by atoms with Gasteiger partial charge in [-0.05, 0) is 43.2 Å². The van der Waals surface area contributed by atoms with Crippen LogP contribution in [-0.2, 0) is 17.8 Å². The number of anilines is 2. The van der Waals surface area contributed by atoms with Crippen LogP contribution in [0.3, 0.4) is 0 Å². The summed E-state index contributed by atoms with van der Waals surface area (Å²) >= 11 is 0. The van der Waals surface area contributed by atoms with Crippen LogP contribution in [0.5, 0.6) is 0 Å². The van der Waals surface area contributed by atoms with E-state index in [2.05, 4.69) is 39.3 Å². The van der Waals surface area contributed by atoms with Crippen LogP contribution in [-0.4, -0.2) is 21.6 Å². The molecule has 0 aliphatic carbocycles. The van der Waals surface area contributed by atoms with Crippen LogP contribution in [0.2, 0.25) is 0 Å². The maximum absolute atomic E-state index is 5.48. The molecule has 0 unspecified atom stereocenters. The molecule has 2 aromatic heterocycles. The SMILES string of the molecule is CCOCc1cccc(Nc2cc(CC)nc(-c3ccncc3)n2)c1. The fourth-order valence-electron chi connectivity index (χ4n) is 2.48. The molecule has 128 valence electrons. The summed E-state index contributed by atoms with van der Waals surface area (Å²) in [6.45, 7) is 5.40. The average Bonchev–Trinajstić information content (AvgIpc) is 2.67. The van der Waals surface area contributed by atoms with E-state index in [1.807, 2.05) is 37.3 Å². The van der Waals surface area contributed by atoms with E-state index in [0.717, 1.165) is 34.7 Å². The first kappa shape index (κ1) is 17.0. The van der Waals surface area contributed by atoms with Crippen LogP contribution in [0.4, 0.5) is 11.5 Å². The molecule has 0 aliphatic heterocycles. The van der Waals surface area contributed by atoms with Crippen LogP contribution in [0.15, 0.2) is 54.9 Å². The number of nitrogens with zero attached hydrogens (tertiary/aromatic N) is 3. The average molecular weight is 334 g/mol. The van der Waals surface area contributed by atoms with E-state index >= 15 is 0 Å². The predicted octanol–water partition coefficient (Wildman–Crippen LogP) is 4.38. The molecule has 25 heavy (non-hydrogen) atoms. The molecular weight excluding hydrogens is 312 g/mol. The quantitative estimate of drug-likeness (QED) is 0.695. The molecule has 0 atom stereocenters. The molecule has 0 aliphatic rings. The van der Waals surface area contributed by atoms with E-state index in [-0.39, 0.29) is 0 Å². The number of rotatable bonds is 7. The van der Waals surface area contributed by atoms with E-state index in [0.29, 0.717) is 19.0 Å². The first-order valence-corrected chi connectivity index (χ1v) is 8.50. The molecule has 0 bridgehead atoms. The van der Waals surface area contributed by atoms with Crippen molar-refractivity contribution in [3.8, 4) is 11.4 Å². The summed E-state index contributed by atoms with van der Waals surface area (Å²) in [7, 11) is 0. The molecular formula is C20H22N4O. The minimum atomic E-state index is 0.609. The molecule has 0 radical (unpaired) electrons. The van der Waals surface area contributed by atoms with Crippen molar-refractivity contribution in [2.45, 2.75) is 26.9 Å². The Balaban J connectivity index is 1.87. The van der Waals surface area contributed by atoms with Gasteiger partial charge in [0.15, 0.2) is 5.82 Å². The summed E-state index contributed by atoms with van der Waals surface area (Å²) in [4.78, 5) is 13.3. The number of pyridine rings is 1. The lowest BCUT2D eigenvalue weighted by molar-refractivity contribution is 0.134. The molecule has 3 aromatic rings. The Hall–Kier alpha value is -2.79. The molecule has 1 aromatic carbocycles. The second kappa shape index (κ2) is 8.35. The minimum absolute atomic E-state index is 0.609. The van der Waals surface area contributed by atoms with Crippen molar-refractivity contribution in [3.05, 3.63) is 66.1 Å². The highest BCUT2D eigenvalue weighted by Gasteiger charge is 2.07. The van der Waals surface area contributed by atoms with Gasteiger partial charge >= 0.3 is 0 Å². The molecule has 0 spiro atoms. The van der Waals surface area contributed by atoms with Crippen molar-refractivity contribution in [1.82, 2.24) is 15.0 Å². The highest BCUT2D eigenvalue weighted by Crippen LogP contribution is 2.21. The third kappa shape index (κ3) is 4.61. The largest absolute Gasteiger partial charge is 0.377 e. The number of ether oxygens (including phenoxy) is 1. The van der Waals surface area contributed by atoms with Gasteiger partial charge in [0.25, 0.3) is 0 Å². The van der Waals surface area contributed by atoms with Gasteiger partial charge < -0.3 is 10.1 Å². The maximum Gasteiger partial charge on any atom is 0.161 e. The number of aryl methyl sites for hydroxylation is 1. The highest BCUT2D eigenvalue weighted by atomic mass is 16.5. The van der Waals surface area contributed by atoms with Crippen LogP contribution >= 0.6 is 0 Å². The van der Waals surface area contributed by atoms with Gasteiger partial charge in [-0.15, -0.1) is 0 Å². The van der Waals surface area contributed by atoms with Gasteiger partial charge in [-0.3, -0.25) is 4.98 Å². The third-order valence-corrected chi connectivity index (χ3v) is 3.75. The second-order valence-corrected chi connectivity index (χ2v) is 5.62. The van der Waals surface area contributed by atoms with Crippen molar-refractivity contribution < 1.29 is 4.74 Å². The molecule has 1 N–H and O–H groups in total. The molecule has 0 saturated heterocycles. The second-order valence-electron chi connectivity index (χ2n) is 5.62. The lowest BCUT2D eigenvalue weighted by Crippen LogP contribution is -2.01. The Morgan fingerprint density at radius 2 is 1.84 bits per heavy atom. The fourth-order valence-corrected chi connectivity index (χ4v) is 2.48. The van der Waals surface area contributed by atoms with Crippen LogP contribution < -0.4 is 5.32 Å². The zero-order chi connectivity index (χ0) is 17.5. The summed E-state index contributed by atoms with van der Waals surface area (Å²) in [5.74, 6) is 1.49. The Bertz CT molecular complexity index is 821. The molecule has 0 saturated carbocycles. The smallest absolute Gasteiger partial charge is 0.161 e. The number of hydrogen-bond donors (Lipinski definition) is 1. The van der Waals surface area contributed by atoms with E-state index in [1.165, 1.54) is 0 Å². The maximum atomic E-state index is 5.48. The van der Waals surface area contributed by atoms with E-state index < -0.39 is 0 Å². The molecule has 5 nitrogen and oxygen atoms in total. The standard InChI is InChI=1S/C20H22N4O/c1-3-17-13-19(24-20(23-17)16-8-10-21-11-9-16)22-18-7-5-6-15(12-18)14-25-4-2/h5-13H,3-4,14H2,1-2H3,(H,22,23,24). The van der Waals surface area contributed by atoms with Gasteiger partial charge in [0.05, 0.1) is 6.61 Å². The summed E-state index contributed by atoms with van der Waals surface area (Å²) in [5, 5.41) is 3.38. The van der Waals surface area contributed by atoms with Gasteiger partial charge in [-0.25, -0.2) is 9.97 Å². The lowest BCUT2D eigenvalue weighted by atomic mass is 10.2. The normalized spacial score (nSPS) is 10.6. The number of hydrogen-bond acceptors (Lipinski definition) is 5. The number of nitrogens with one attached hydrogen (secondary N) is 1. The topological polar surface area (TPSA) is 59.9 Å². The Morgan fingerprint density at radius 3 is 2.60 bits per heavy atom. The molecule has 2 heterocycles. The van der Waals surface area contributed by atoms with Gasteiger partial charge in [-0.1, -0.05) is 19.1 Å². The van der Waals surface area contributed by atoms with Gasteiger partial charge in [0, 0.05) is 42.0 Å². The van der Waals surface area contributed by atoms with E-state index in [4.69, 9.17) is 4.74 Å². The summed E-state index contributed by atoms with van der Waals surface area (Å²) in [6.07, 6.45) is 4.35. The highest BCUT2D eigenvalue weighted by molar-refractivity contribution is 5.61. The van der Waals surface area contributed by atoms with Crippen LogP contribution in [0.25, 0.3) is 11.4 Å². The van der Waals surface area contributed by atoms with Crippen molar-refractivity contribution in [2.75, 3.05) is 11.9 Å². The summed E-state index contributed by atoms with van der Waals surface area (Å²) < 4.78 is 5.48. The monoisotopic (exact) mass is 334 g/mol. The molecule has 5 heteroatoms. The van der Waals surface area contributed by atoms with Crippen LogP contribution in [0, 0.1) is 0 Å². The third-order valence-electron chi connectivity index (χ3n) is 3.75. The van der Waals surface area contributed by atoms with Crippen molar-refractivity contribution >= 4 is 11.5 Å². The van der Waals surface area contributed by atoms with Crippen molar-refractivity contribution in [1.29, 1.82) is 0 Å². The van der Waals surface area contributed by atoms with E-state index in [9.17, 15) is 0 Å². The zero-order valence-corrected chi connectivity index (χ0v) is 14.6. The molecule has 0 amide bonds. The molecule has 0 fully saturated rings. The van der Waals surface area contributed by atoms with Gasteiger partial charge in [-0.2, -0.15) is 0 Å². The predicted molar refractivity (Wildman–Crippen MR) is 99.7 cm³/mol. The summed E-state index contributed by atoms with van der Waals surface area (Å²) in [5.41, 5.74) is 4.07. The first-order chi connectivity index (χ1) is 12.3. The Kier molecular flexibility index (Phi) is 5.69. The first-order valence-electron chi connectivity index (χ1n) is 8.50. The van der Waals surface area contributed by atoms with Crippen molar-refractivity contribution in [2.24, 2.45) is 0 Å². The van der Waals surface area contributed by atoms with Gasteiger partial charge in [0.2, 0.25) is 0 Å². The lowest BCUT2D eigenvalue weighted by Gasteiger charge is -2.11. The minimum Gasteiger partial charge on any atom is -0.377 e. The number of benzene rings is 1. The zero-order valence-electron chi connectivity index (χ0n) is 14.6.